The summed E-state index contributed by atoms with van der Waals surface area (Å²) in [5.41, 5.74) is 2.80. The molecule has 0 saturated carbocycles. The Hall–Kier alpha value is -3.65. The standard InChI is InChI=1S/C24H24N2O5S/c1-4-31-24(28)18-11-13-20(14-12-18)25-23(27)19-10-9-17(3)22(15-19)32(29,30)26-21-8-6-5-7-16(21)2/h5-15,26H,4H2,1-3H3,(H,25,27). The van der Waals surface area contributed by atoms with Crippen molar-refractivity contribution in [1.29, 1.82) is 0 Å². The summed E-state index contributed by atoms with van der Waals surface area (Å²) in [5, 5.41) is 2.71. The van der Waals surface area contributed by atoms with Crippen LogP contribution in [-0.2, 0) is 14.8 Å². The normalized spacial score (nSPS) is 11.0. The molecule has 1 amide bonds. The van der Waals surface area contributed by atoms with Crippen molar-refractivity contribution in [2.45, 2.75) is 25.7 Å². The van der Waals surface area contributed by atoms with E-state index in [2.05, 4.69) is 10.0 Å². The molecule has 8 heteroatoms. The number of amides is 1. The van der Waals surface area contributed by atoms with Crippen LogP contribution >= 0.6 is 0 Å². The third-order valence-corrected chi connectivity index (χ3v) is 6.29. The molecule has 0 atom stereocenters. The Bertz CT molecular complexity index is 1250. The van der Waals surface area contributed by atoms with Gasteiger partial charge in [0.25, 0.3) is 15.9 Å². The average Bonchev–Trinajstić information content (AvgIpc) is 2.76. The molecule has 0 fully saturated rings. The van der Waals surface area contributed by atoms with Crippen LogP contribution in [0, 0.1) is 13.8 Å². The van der Waals surface area contributed by atoms with Gasteiger partial charge in [-0.2, -0.15) is 0 Å². The second kappa shape index (κ2) is 9.65. The second-order valence-corrected chi connectivity index (χ2v) is 8.80. The zero-order chi connectivity index (χ0) is 23.3. The Labute approximate surface area is 187 Å². The molecule has 0 aliphatic carbocycles. The number of anilines is 2. The van der Waals surface area contributed by atoms with Crippen LogP contribution in [0.15, 0.2) is 71.6 Å². The topological polar surface area (TPSA) is 102 Å². The number of hydrogen-bond acceptors (Lipinski definition) is 5. The van der Waals surface area contributed by atoms with Crippen molar-refractivity contribution in [3.8, 4) is 0 Å². The van der Waals surface area contributed by atoms with Crippen LogP contribution in [0.1, 0.15) is 38.8 Å². The van der Waals surface area contributed by atoms with Crippen LogP contribution in [-0.4, -0.2) is 26.9 Å². The zero-order valence-electron chi connectivity index (χ0n) is 18.0. The molecule has 32 heavy (non-hydrogen) atoms. The van der Waals surface area contributed by atoms with Gasteiger partial charge in [-0.3, -0.25) is 9.52 Å². The minimum absolute atomic E-state index is 0.0195. The third kappa shape index (κ3) is 5.33. The van der Waals surface area contributed by atoms with Gasteiger partial charge in [0.2, 0.25) is 0 Å². The number of benzene rings is 3. The molecule has 0 unspecified atom stereocenters. The first kappa shape index (κ1) is 23.0. The molecule has 166 valence electrons. The van der Waals surface area contributed by atoms with Gasteiger partial charge >= 0.3 is 5.97 Å². The van der Waals surface area contributed by atoms with Crippen molar-refractivity contribution < 1.29 is 22.7 Å². The highest BCUT2D eigenvalue weighted by Crippen LogP contribution is 2.23. The molecule has 0 heterocycles. The molecule has 2 N–H and O–H groups in total. The van der Waals surface area contributed by atoms with Crippen molar-refractivity contribution in [1.82, 2.24) is 0 Å². The fraction of sp³-hybridized carbons (Fsp3) is 0.167. The maximum Gasteiger partial charge on any atom is 0.338 e. The van der Waals surface area contributed by atoms with Gasteiger partial charge in [0.15, 0.2) is 0 Å². The number of carbonyl (C=O) groups is 2. The first-order valence-corrected chi connectivity index (χ1v) is 11.5. The molecular weight excluding hydrogens is 428 g/mol. The van der Waals surface area contributed by atoms with E-state index in [1.807, 2.05) is 19.1 Å². The second-order valence-electron chi connectivity index (χ2n) is 7.15. The van der Waals surface area contributed by atoms with Crippen LogP contribution in [0.2, 0.25) is 0 Å². The number of para-hydroxylation sites is 1. The van der Waals surface area contributed by atoms with Gasteiger partial charge in [-0.15, -0.1) is 0 Å². The van der Waals surface area contributed by atoms with E-state index in [1.165, 1.54) is 6.07 Å². The van der Waals surface area contributed by atoms with Gasteiger partial charge in [0.05, 0.1) is 22.8 Å². The first-order valence-electron chi connectivity index (χ1n) is 9.99. The Morgan fingerprint density at radius 1 is 0.875 bits per heavy atom. The molecule has 3 rings (SSSR count). The molecule has 0 saturated heterocycles. The van der Waals surface area contributed by atoms with E-state index in [1.54, 1.807) is 62.4 Å². The lowest BCUT2D eigenvalue weighted by atomic mass is 10.1. The number of ether oxygens (including phenoxy) is 1. The van der Waals surface area contributed by atoms with Crippen LogP contribution in [0.5, 0.6) is 0 Å². The van der Waals surface area contributed by atoms with Gasteiger partial charge in [0.1, 0.15) is 0 Å². The molecule has 0 aliphatic rings. The highest BCUT2D eigenvalue weighted by Gasteiger charge is 2.20. The molecular formula is C24H24N2O5S. The van der Waals surface area contributed by atoms with E-state index in [-0.39, 0.29) is 17.1 Å². The molecule has 7 nitrogen and oxygen atoms in total. The van der Waals surface area contributed by atoms with Crippen LogP contribution in [0.25, 0.3) is 0 Å². The minimum Gasteiger partial charge on any atom is -0.462 e. The summed E-state index contributed by atoms with van der Waals surface area (Å²) in [5.74, 6) is -0.916. The largest absolute Gasteiger partial charge is 0.462 e. The minimum atomic E-state index is -3.90. The number of hydrogen-bond donors (Lipinski definition) is 2. The van der Waals surface area contributed by atoms with E-state index in [4.69, 9.17) is 4.74 Å². The number of sulfonamides is 1. The lowest BCUT2D eigenvalue weighted by Crippen LogP contribution is -2.17. The molecule has 3 aromatic rings. The summed E-state index contributed by atoms with van der Waals surface area (Å²) in [6, 6.07) is 17.8. The van der Waals surface area contributed by atoms with E-state index >= 15 is 0 Å². The number of nitrogens with one attached hydrogen (secondary N) is 2. The van der Waals surface area contributed by atoms with Crippen LogP contribution in [0.3, 0.4) is 0 Å². The summed E-state index contributed by atoms with van der Waals surface area (Å²) in [7, 11) is -3.90. The number of esters is 1. The van der Waals surface area contributed by atoms with Crippen LogP contribution in [0.4, 0.5) is 11.4 Å². The Morgan fingerprint density at radius 3 is 2.19 bits per heavy atom. The third-order valence-electron chi connectivity index (χ3n) is 4.78. The van der Waals surface area contributed by atoms with E-state index in [9.17, 15) is 18.0 Å². The maximum atomic E-state index is 13.0. The van der Waals surface area contributed by atoms with Crippen molar-refractivity contribution in [3.05, 3.63) is 89.0 Å². The van der Waals surface area contributed by atoms with Crippen molar-refractivity contribution in [3.63, 3.8) is 0 Å². The van der Waals surface area contributed by atoms with Gasteiger partial charge < -0.3 is 10.1 Å². The van der Waals surface area contributed by atoms with Gasteiger partial charge in [0, 0.05) is 11.3 Å². The quantitative estimate of drug-likeness (QED) is 0.513. The van der Waals surface area contributed by atoms with Crippen molar-refractivity contribution >= 4 is 33.3 Å². The fourth-order valence-corrected chi connectivity index (χ4v) is 4.43. The molecule has 0 aromatic heterocycles. The number of rotatable bonds is 7. The summed E-state index contributed by atoms with van der Waals surface area (Å²) in [4.78, 5) is 24.5. The van der Waals surface area contributed by atoms with E-state index < -0.39 is 21.9 Å². The molecule has 3 aromatic carbocycles. The Kier molecular flexibility index (Phi) is 6.95. The van der Waals surface area contributed by atoms with Gasteiger partial charge in [-0.05, 0) is 74.4 Å². The van der Waals surface area contributed by atoms with Crippen LogP contribution < -0.4 is 10.0 Å². The lowest BCUT2D eigenvalue weighted by molar-refractivity contribution is 0.0526. The lowest BCUT2D eigenvalue weighted by Gasteiger charge is -2.13. The smallest absolute Gasteiger partial charge is 0.338 e. The van der Waals surface area contributed by atoms with E-state index in [0.29, 0.717) is 22.5 Å². The Balaban J connectivity index is 1.81. The summed E-state index contributed by atoms with van der Waals surface area (Å²) >= 11 is 0. The Morgan fingerprint density at radius 2 is 1.53 bits per heavy atom. The molecule has 0 radical (unpaired) electrons. The maximum absolute atomic E-state index is 13.0. The average molecular weight is 453 g/mol. The highest BCUT2D eigenvalue weighted by atomic mass is 32.2. The van der Waals surface area contributed by atoms with E-state index in [0.717, 1.165) is 5.56 Å². The predicted molar refractivity (Wildman–Crippen MR) is 124 cm³/mol. The number of carbonyl (C=O) groups excluding carboxylic acids is 2. The molecule has 0 bridgehead atoms. The fourth-order valence-electron chi connectivity index (χ4n) is 3.03. The molecule has 0 spiro atoms. The van der Waals surface area contributed by atoms with Crippen molar-refractivity contribution in [2.75, 3.05) is 16.6 Å². The van der Waals surface area contributed by atoms with Crippen molar-refractivity contribution in [2.24, 2.45) is 0 Å². The number of aryl methyl sites for hydroxylation is 2. The SMILES string of the molecule is CCOC(=O)c1ccc(NC(=O)c2ccc(C)c(S(=O)(=O)Nc3ccccc3C)c2)cc1. The van der Waals surface area contributed by atoms with Gasteiger partial charge in [-0.25, -0.2) is 13.2 Å². The van der Waals surface area contributed by atoms with Gasteiger partial charge in [-0.1, -0.05) is 24.3 Å². The monoisotopic (exact) mass is 452 g/mol. The zero-order valence-corrected chi connectivity index (χ0v) is 18.8. The first-order chi connectivity index (χ1) is 15.2. The summed E-state index contributed by atoms with van der Waals surface area (Å²) < 4.78 is 33.5. The molecule has 0 aliphatic heterocycles. The predicted octanol–water partition coefficient (Wildman–Crippen LogP) is 4.53. The summed E-state index contributed by atoms with van der Waals surface area (Å²) in [6.45, 7) is 5.47. The highest BCUT2D eigenvalue weighted by molar-refractivity contribution is 7.92. The summed E-state index contributed by atoms with van der Waals surface area (Å²) in [6.07, 6.45) is 0.